The van der Waals surface area contributed by atoms with E-state index in [2.05, 4.69) is 39.9 Å². The average molecular weight is 1090 g/mol. The summed E-state index contributed by atoms with van der Waals surface area (Å²) in [4.78, 5) is 61.6. The SMILES string of the molecule is CC(O)c1ncc(Oc2nc(N3CC4(CCCC4N)C3)c3c(n2)[nH]c2c(N(CCS(=O)(=O)c4nc(S(C)(=O)=O)c5c(n4)[nH]c4c(N(C)C(=O)OC(C)(C)C)cc(F)c(F)c45)C(=O)OC(C)(C)C)cc(F)c(F)c23)cn1. The van der Waals surface area contributed by atoms with Crippen LogP contribution in [-0.2, 0) is 29.1 Å². The van der Waals surface area contributed by atoms with Gasteiger partial charge in [0.2, 0.25) is 15.0 Å². The maximum Gasteiger partial charge on any atom is 0.414 e. The second-order valence-corrected chi connectivity index (χ2v) is 24.7. The highest BCUT2D eigenvalue weighted by Crippen LogP contribution is 2.49. The Morgan fingerprint density at radius 2 is 1.41 bits per heavy atom. The van der Waals surface area contributed by atoms with Crippen LogP contribution in [0.3, 0.4) is 0 Å². The van der Waals surface area contributed by atoms with E-state index in [-0.39, 0.29) is 62.6 Å². The van der Waals surface area contributed by atoms with Crippen LogP contribution in [-0.4, -0.2) is 130 Å². The zero-order chi connectivity index (χ0) is 54.6. The Balaban J connectivity index is 1.16. The number of aromatic nitrogens is 8. The summed E-state index contributed by atoms with van der Waals surface area (Å²) in [7, 11) is -8.40. The molecule has 1 aliphatic carbocycles. The molecule has 0 radical (unpaired) electrons. The molecule has 1 saturated carbocycles. The third-order valence-corrected chi connectivity index (χ3v) is 15.2. The van der Waals surface area contributed by atoms with Crippen LogP contribution in [0.2, 0.25) is 0 Å². The number of benzene rings is 2. The number of anilines is 3. The molecule has 2 unspecified atom stereocenters. The molecule has 1 aliphatic heterocycles. The minimum absolute atomic E-state index is 0.0282. The molecule has 2 aliphatic rings. The molecule has 9 rings (SSSR count). The molecule has 5 aromatic heterocycles. The number of carbonyl (C=O) groups excluding carboxylic acids is 2. The van der Waals surface area contributed by atoms with Gasteiger partial charge in [-0.15, -0.1) is 0 Å². The van der Waals surface area contributed by atoms with Crippen molar-refractivity contribution in [1.29, 1.82) is 0 Å². The van der Waals surface area contributed by atoms with Gasteiger partial charge in [0.15, 0.2) is 49.7 Å². The van der Waals surface area contributed by atoms with E-state index in [0.29, 0.717) is 31.5 Å². The van der Waals surface area contributed by atoms with E-state index in [9.17, 15) is 31.5 Å². The van der Waals surface area contributed by atoms with E-state index in [4.69, 9.17) is 19.9 Å². The van der Waals surface area contributed by atoms with E-state index >= 15 is 17.6 Å². The van der Waals surface area contributed by atoms with Crippen LogP contribution >= 0.6 is 0 Å². The highest BCUT2D eigenvalue weighted by molar-refractivity contribution is 7.91. The number of nitrogens with two attached hydrogens (primary N) is 1. The Labute approximate surface area is 425 Å². The predicted octanol–water partition coefficient (Wildman–Crippen LogP) is 7.04. The fourth-order valence-corrected chi connectivity index (χ4v) is 11.3. The van der Waals surface area contributed by atoms with Gasteiger partial charge in [0.25, 0.3) is 0 Å². The van der Waals surface area contributed by atoms with Crippen molar-refractivity contribution in [2.75, 3.05) is 53.4 Å². The standard InChI is InChI=1S/C47H52F4N12O10S2/c1-21(64)36-53-17-22(18-54-36)71-41-57-37-30(39(59-41)62-19-47(20-62)12-10-11-27(47)52)28-32(50)24(49)16-26(35(28)56-37)63(44(66)73-46(5,6)7)13-14-75(69,70)42-58-38-31(40(60-42)74(9,67)68)29-33(51)23(48)15-25(34(29)55-38)61(8)43(65)72-45(2,3)4/h15-18,21,27,64H,10-14,19-20,52H2,1-9H3,(H,55,58,60)(H,56,57,59). The number of rotatable bonds is 11. The van der Waals surface area contributed by atoms with E-state index < -0.39 is 122 Å². The molecule has 28 heteroatoms. The number of nitrogens with one attached hydrogen (secondary N) is 2. The number of H-pyrrole nitrogens is 2. The first-order chi connectivity index (χ1) is 34.9. The first-order valence-corrected chi connectivity index (χ1v) is 26.9. The number of hydrogen-bond donors (Lipinski definition) is 4. The van der Waals surface area contributed by atoms with Crippen molar-refractivity contribution in [2.24, 2.45) is 11.1 Å². The summed E-state index contributed by atoms with van der Waals surface area (Å²) >= 11 is 0. The number of hydrogen-bond acceptors (Lipinski definition) is 18. The molecule has 7 aromatic rings. The van der Waals surface area contributed by atoms with Crippen LogP contribution in [0.15, 0.2) is 34.7 Å². The van der Waals surface area contributed by atoms with Gasteiger partial charge in [-0.2, -0.15) is 9.97 Å². The zero-order valence-corrected chi connectivity index (χ0v) is 43.6. The maximum absolute atomic E-state index is 16.6. The Kier molecular flexibility index (Phi) is 12.9. The third-order valence-electron chi connectivity index (χ3n) is 12.8. The molecule has 2 aromatic carbocycles. The number of sulfone groups is 2. The van der Waals surface area contributed by atoms with Gasteiger partial charge in [0.05, 0.1) is 62.1 Å². The summed E-state index contributed by atoms with van der Waals surface area (Å²) in [6, 6.07) is 0.878. The van der Waals surface area contributed by atoms with Crippen molar-refractivity contribution in [3.05, 3.63) is 53.6 Å². The lowest BCUT2D eigenvalue weighted by atomic mass is 9.75. The van der Waals surface area contributed by atoms with Gasteiger partial charge in [-0.1, -0.05) is 6.42 Å². The van der Waals surface area contributed by atoms with E-state index in [1.54, 1.807) is 20.8 Å². The van der Waals surface area contributed by atoms with Crippen molar-refractivity contribution in [1.82, 2.24) is 39.9 Å². The van der Waals surface area contributed by atoms with E-state index in [1.807, 2.05) is 4.90 Å². The molecule has 2 amide bonds. The molecule has 75 heavy (non-hydrogen) atoms. The summed E-state index contributed by atoms with van der Waals surface area (Å²) in [5, 5.41) is 5.92. The Morgan fingerprint density at radius 3 is 1.97 bits per heavy atom. The summed E-state index contributed by atoms with van der Waals surface area (Å²) in [6.07, 6.45) is 2.46. The number of aliphatic hydroxyl groups is 1. The lowest BCUT2D eigenvalue weighted by Crippen LogP contribution is -2.62. The molecule has 2 fully saturated rings. The average Bonchev–Trinajstić information content (AvgIpc) is 4.00. The number of halogens is 4. The minimum atomic E-state index is -4.97. The lowest BCUT2D eigenvalue weighted by Gasteiger charge is -2.51. The monoisotopic (exact) mass is 1080 g/mol. The topological polar surface area (TPSA) is 295 Å². The molecule has 400 valence electrons. The molecule has 1 spiro atoms. The Hall–Kier alpha value is -7.04. The van der Waals surface area contributed by atoms with Crippen LogP contribution in [0.1, 0.15) is 79.7 Å². The van der Waals surface area contributed by atoms with Crippen LogP contribution in [0.4, 0.5) is 44.3 Å². The van der Waals surface area contributed by atoms with Crippen molar-refractivity contribution >= 4 is 92.9 Å². The van der Waals surface area contributed by atoms with E-state index in [0.717, 1.165) is 29.1 Å². The van der Waals surface area contributed by atoms with Gasteiger partial charge in [-0.05, 0) is 61.3 Å². The van der Waals surface area contributed by atoms with Gasteiger partial charge in [-0.3, -0.25) is 9.80 Å². The van der Waals surface area contributed by atoms with Gasteiger partial charge in [0, 0.05) is 56.5 Å². The first kappa shape index (κ1) is 52.8. The van der Waals surface area contributed by atoms with Crippen LogP contribution in [0.25, 0.3) is 43.9 Å². The van der Waals surface area contributed by atoms with Crippen molar-refractivity contribution in [2.45, 2.75) is 101 Å². The second kappa shape index (κ2) is 18.4. The maximum atomic E-state index is 16.6. The largest absolute Gasteiger partial charge is 0.443 e. The number of amides is 2. The second-order valence-electron chi connectivity index (χ2n) is 20.8. The molecule has 5 N–H and O–H groups in total. The highest BCUT2D eigenvalue weighted by atomic mass is 32.2. The summed E-state index contributed by atoms with van der Waals surface area (Å²) in [5.74, 6) is -6.80. The van der Waals surface area contributed by atoms with Gasteiger partial charge >= 0.3 is 18.2 Å². The van der Waals surface area contributed by atoms with Crippen molar-refractivity contribution in [3.63, 3.8) is 0 Å². The van der Waals surface area contributed by atoms with Gasteiger partial charge in [0.1, 0.15) is 34.4 Å². The number of nitrogens with zero attached hydrogens (tertiary/aromatic N) is 9. The Morgan fingerprint density at radius 1 is 0.853 bits per heavy atom. The van der Waals surface area contributed by atoms with Gasteiger partial charge < -0.3 is 39.9 Å². The Bertz CT molecular complexity index is 3730. The number of ether oxygens (including phenoxy) is 3. The third kappa shape index (κ3) is 9.78. The predicted molar refractivity (Wildman–Crippen MR) is 265 cm³/mol. The highest BCUT2D eigenvalue weighted by Gasteiger charge is 2.51. The first-order valence-electron chi connectivity index (χ1n) is 23.4. The minimum Gasteiger partial charge on any atom is -0.443 e. The smallest absolute Gasteiger partial charge is 0.414 e. The molecule has 22 nitrogen and oxygen atoms in total. The number of fused-ring (bicyclic) bond motifs is 6. The molecular formula is C47H52F4N12O10S2. The fraction of sp³-hybridized carbons (Fsp3) is 0.447. The molecule has 2 atom stereocenters. The van der Waals surface area contributed by atoms with Crippen molar-refractivity contribution in [3.8, 4) is 11.8 Å². The van der Waals surface area contributed by atoms with Crippen LogP contribution < -0.4 is 25.2 Å². The lowest BCUT2D eigenvalue weighted by molar-refractivity contribution is 0.0574. The summed E-state index contributed by atoms with van der Waals surface area (Å²) < 4.78 is 137. The molecular weight excluding hydrogens is 1030 g/mol. The van der Waals surface area contributed by atoms with E-state index in [1.165, 1.54) is 47.1 Å². The molecule has 0 bridgehead atoms. The van der Waals surface area contributed by atoms with Crippen LogP contribution in [0.5, 0.6) is 11.8 Å². The number of aliphatic hydroxyl groups excluding tert-OH is 1. The zero-order valence-electron chi connectivity index (χ0n) is 42.0. The summed E-state index contributed by atoms with van der Waals surface area (Å²) in [6.45, 7) is 10.6. The number of aromatic amines is 2. The van der Waals surface area contributed by atoms with Crippen molar-refractivity contribution < 1.29 is 63.3 Å². The summed E-state index contributed by atoms with van der Waals surface area (Å²) in [5.41, 5.74) is 1.89. The quantitative estimate of drug-likeness (QED) is 0.0574. The molecule has 1 saturated heterocycles. The molecule has 6 heterocycles. The fourth-order valence-electron chi connectivity index (χ4n) is 9.31. The van der Waals surface area contributed by atoms with Gasteiger partial charge in [-0.25, -0.2) is 63.9 Å². The number of carbonyl (C=O) groups is 2. The normalized spacial score (nSPS) is 16.5. The van der Waals surface area contributed by atoms with Crippen LogP contribution in [0, 0.1) is 28.7 Å².